The SMILES string of the molecule is C=C(C)CNC(O)C(O)NCC(=C)C. The van der Waals surface area contributed by atoms with Crippen LogP contribution in [-0.2, 0) is 0 Å². The van der Waals surface area contributed by atoms with E-state index in [4.69, 9.17) is 0 Å². The van der Waals surface area contributed by atoms with Gasteiger partial charge in [0.25, 0.3) is 0 Å². The molecule has 0 aromatic carbocycles. The summed E-state index contributed by atoms with van der Waals surface area (Å²) < 4.78 is 0. The fourth-order valence-corrected chi connectivity index (χ4v) is 0.781. The van der Waals surface area contributed by atoms with Crippen molar-refractivity contribution >= 4 is 0 Å². The highest BCUT2D eigenvalue weighted by Crippen LogP contribution is 1.90. The second-order valence-electron chi connectivity index (χ2n) is 3.57. The minimum absolute atomic E-state index is 0.479. The molecule has 0 aliphatic rings. The summed E-state index contributed by atoms with van der Waals surface area (Å²) in [6.45, 7) is 12.0. The number of nitrogens with one attached hydrogen (secondary N) is 2. The molecule has 0 saturated heterocycles. The zero-order valence-corrected chi connectivity index (χ0v) is 8.88. The summed E-state index contributed by atoms with van der Waals surface area (Å²) in [5.74, 6) is 0. The third kappa shape index (κ3) is 6.80. The molecule has 4 heteroatoms. The molecule has 0 bridgehead atoms. The maximum atomic E-state index is 9.39. The van der Waals surface area contributed by atoms with Gasteiger partial charge in [-0.1, -0.05) is 24.3 Å². The Morgan fingerprint density at radius 3 is 1.50 bits per heavy atom. The first-order chi connectivity index (χ1) is 6.43. The number of aliphatic hydroxyl groups excluding tert-OH is 2. The van der Waals surface area contributed by atoms with E-state index in [0.717, 1.165) is 11.1 Å². The molecule has 4 nitrogen and oxygen atoms in total. The van der Waals surface area contributed by atoms with Gasteiger partial charge in [0, 0.05) is 13.1 Å². The Bertz CT molecular complexity index is 182. The summed E-state index contributed by atoms with van der Waals surface area (Å²) in [4.78, 5) is 0. The second-order valence-corrected chi connectivity index (χ2v) is 3.57. The summed E-state index contributed by atoms with van der Waals surface area (Å²) >= 11 is 0. The largest absolute Gasteiger partial charge is 0.374 e. The predicted octanol–water partition coefficient (Wildman–Crippen LogP) is -0.0454. The lowest BCUT2D eigenvalue weighted by Gasteiger charge is -2.20. The van der Waals surface area contributed by atoms with E-state index in [9.17, 15) is 10.2 Å². The molecule has 4 N–H and O–H groups in total. The average Bonchev–Trinajstić information content (AvgIpc) is 2.09. The first-order valence-corrected chi connectivity index (χ1v) is 4.55. The molecule has 82 valence electrons. The van der Waals surface area contributed by atoms with Crippen LogP contribution in [0.4, 0.5) is 0 Å². The Labute approximate surface area is 85.3 Å². The van der Waals surface area contributed by atoms with Gasteiger partial charge in [-0.3, -0.25) is 10.6 Å². The van der Waals surface area contributed by atoms with Gasteiger partial charge in [-0.05, 0) is 13.8 Å². The molecule has 0 aromatic heterocycles. The Morgan fingerprint density at radius 1 is 1.00 bits per heavy atom. The van der Waals surface area contributed by atoms with Crippen molar-refractivity contribution in [3.63, 3.8) is 0 Å². The summed E-state index contributed by atoms with van der Waals surface area (Å²) in [7, 11) is 0. The van der Waals surface area contributed by atoms with Crippen LogP contribution in [0.1, 0.15) is 13.8 Å². The highest BCUT2D eigenvalue weighted by molar-refractivity contribution is 4.93. The third-order valence-electron chi connectivity index (χ3n) is 1.53. The maximum Gasteiger partial charge on any atom is 0.144 e. The van der Waals surface area contributed by atoms with Crippen LogP contribution in [0.25, 0.3) is 0 Å². The van der Waals surface area contributed by atoms with Crippen LogP contribution in [0.15, 0.2) is 24.3 Å². The zero-order valence-electron chi connectivity index (χ0n) is 8.88. The standard InChI is InChI=1S/C10H20N2O2/c1-7(2)5-11-9(13)10(14)12-6-8(3)4/h9-14H,1,3,5-6H2,2,4H3. The van der Waals surface area contributed by atoms with Gasteiger partial charge in [0.15, 0.2) is 0 Å². The first kappa shape index (κ1) is 13.3. The molecule has 0 fully saturated rings. The summed E-state index contributed by atoms with van der Waals surface area (Å²) in [6, 6.07) is 0. The summed E-state index contributed by atoms with van der Waals surface area (Å²) in [5.41, 5.74) is 1.80. The smallest absolute Gasteiger partial charge is 0.144 e. The normalized spacial score (nSPS) is 14.9. The fourth-order valence-electron chi connectivity index (χ4n) is 0.781. The molecule has 2 atom stereocenters. The average molecular weight is 200 g/mol. The Morgan fingerprint density at radius 2 is 1.29 bits per heavy atom. The Hall–Kier alpha value is -0.680. The molecule has 2 unspecified atom stereocenters. The topological polar surface area (TPSA) is 64.5 Å². The van der Waals surface area contributed by atoms with Crippen LogP contribution in [0, 0.1) is 0 Å². The molecule has 0 radical (unpaired) electrons. The van der Waals surface area contributed by atoms with Crippen LogP contribution >= 0.6 is 0 Å². The van der Waals surface area contributed by atoms with Gasteiger partial charge >= 0.3 is 0 Å². The summed E-state index contributed by atoms with van der Waals surface area (Å²) in [6.07, 6.45) is -1.99. The number of hydrogen-bond donors (Lipinski definition) is 4. The molecule has 0 heterocycles. The van der Waals surface area contributed by atoms with Crippen molar-refractivity contribution in [3.8, 4) is 0 Å². The lowest BCUT2D eigenvalue weighted by atomic mass is 10.3. The van der Waals surface area contributed by atoms with Crippen LogP contribution < -0.4 is 10.6 Å². The summed E-state index contributed by atoms with van der Waals surface area (Å²) in [5, 5.41) is 24.2. The molecule has 0 saturated carbocycles. The van der Waals surface area contributed by atoms with Gasteiger partial charge < -0.3 is 10.2 Å². The van der Waals surface area contributed by atoms with E-state index in [1.807, 2.05) is 13.8 Å². The molecule has 0 aliphatic heterocycles. The number of hydrogen-bond acceptors (Lipinski definition) is 4. The minimum atomic E-state index is -0.994. The predicted molar refractivity (Wildman–Crippen MR) is 57.6 cm³/mol. The van der Waals surface area contributed by atoms with Crippen molar-refractivity contribution in [1.29, 1.82) is 0 Å². The van der Waals surface area contributed by atoms with Crippen LogP contribution in [0.5, 0.6) is 0 Å². The molecule has 0 aromatic rings. The molecule has 0 spiro atoms. The maximum absolute atomic E-state index is 9.39. The van der Waals surface area contributed by atoms with E-state index in [0.29, 0.717) is 13.1 Å². The van der Waals surface area contributed by atoms with Gasteiger partial charge in [0.05, 0.1) is 0 Å². The van der Waals surface area contributed by atoms with Crippen molar-refractivity contribution in [2.24, 2.45) is 0 Å². The van der Waals surface area contributed by atoms with E-state index < -0.39 is 12.5 Å². The third-order valence-corrected chi connectivity index (χ3v) is 1.53. The van der Waals surface area contributed by atoms with Crippen molar-refractivity contribution in [2.45, 2.75) is 26.3 Å². The highest BCUT2D eigenvalue weighted by Gasteiger charge is 2.13. The molecule has 0 rings (SSSR count). The van der Waals surface area contributed by atoms with Gasteiger partial charge in [0.1, 0.15) is 12.5 Å². The molecule has 0 aliphatic carbocycles. The molecule has 0 amide bonds. The number of aliphatic hydroxyl groups is 2. The van der Waals surface area contributed by atoms with Crippen LogP contribution in [-0.4, -0.2) is 35.8 Å². The number of rotatable bonds is 7. The van der Waals surface area contributed by atoms with Crippen LogP contribution in [0.2, 0.25) is 0 Å². The molecular weight excluding hydrogens is 180 g/mol. The zero-order chi connectivity index (χ0) is 11.1. The molecule has 14 heavy (non-hydrogen) atoms. The Kier molecular flexibility index (Phi) is 6.40. The fraction of sp³-hybridized carbons (Fsp3) is 0.600. The molecular formula is C10H20N2O2. The van der Waals surface area contributed by atoms with E-state index >= 15 is 0 Å². The first-order valence-electron chi connectivity index (χ1n) is 4.55. The van der Waals surface area contributed by atoms with Crippen LogP contribution in [0.3, 0.4) is 0 Å². The van der Waals surface area contributed by atoms with Crippen molar-refractivity contribution < 1.29 is 10.2 Å². The lowest BCUT2D eigenvalue weighted by molar-refractivity contribution is -0.0175. The minimum Gasteiger partial charge on any atom is -0.374 e. The van der Waals surface area contributed by atoms with Gasteiger partial charge in [-0.25, -0.2) is 0 Å². The van der Waals surface area contributed by atoms with Crippen molar-refractivity contribution in [1.82, 2.24) is 10.6 Å². The van der Waals surface area contributed by atoms with E-state index in [2.05, 4.69) is 23.8 Å². The highest BCUT2D eigenvalue weighted by atomic mass is 16.4. The quantitative estimate of drug-likeness (QED) is 0.344. The van der Waals surface area contributed by atoms with Gasteiger partial charge in [-0.2, -0.15) is 0 Å². The van der Waals surface area contributed by atoms with E-state index in [1.165, 1.54) is 0 Å². The van der Waals surface area contributed by atoms with Crippen molar-refractivity contribution in [2.75, 3.05) is 13.1 Å². The van der Waals surface area contributed by atoms with Gasteiger partial charge in [-0.15, -0.1) is 0 Å². The monoisotopic (exact) mass is 200 g/mol. The van der Waals surface area contributed by atoms with Gasteiger partial charge in [0.2, 0.25) is 0 Å². The Balaban J connectivity index is 3.69. The van der Waals surface area contributed by atoms with E-state index in [-0.39, 0.29) is 0 Å². The second kappa shape index (κ2) is 6.73. The van der Waals surface area contributed by atoms with Crippen molar-refractivity contribution in [3.05, 3.63) is 24.3 Å². The lowest BCUT2D eigenvalue weighted by Crippen LogP contribution is -2.48. The van der Waals surface area contributed by atoms with E-state index in [1.54, 1.807) is 0 Å².